The molecule has 2 aliphatic rings. The first-order valence-electron chi connectivity index (χ1n) is 5.38. The van der Waals surface area contributed by atoms with E-state index >= 15 is 0 Å². The molecule has 2 fully saturated rings. The monoisotopic (exact) mass is 198 g/mol. The molecule has 4 nitrogen and oxygen atoms in total. The van der Waals surface area contributed by atoms with Crippen LogP contribution in [0.25, 0.3) is 0 Å². The zero-order valence-corrected chi connectivity index (χ0v) is 8.61. The van der Waals surface area contributed by atoms with Crippen molar-refractivity contribution in [2.24, 2.45) is 5.73 Å². The summed E-state index contributed by atoms with van der Waals surface area (Å²) in [6.45, 7) is 3.13. The number of amides is 1. The summed E-state index contributed by atoms with van der Waals surface area (Å²) in [6, 6.07) is -0.0865. The SMILES string of the molecule is C[C@@H](N)C(=O)N1CCOC2CCCC21. The smallest absolute Gasteiger partial charge is 0.239 e. The van der Waals surface area contributed by atoms with Crippen LogP contribution in [0.3, 0.4) is 0 Å². The number of nitrogens with zero attached hydrogens (tertiary/aromatic N) is 1. The number of morpholine rings is 1. The van der Waals surface area contributed by atoms with Crippen LogP contribution in [0, 0.1) is 0 Å². The van der Waals surface area contributed by atoms with Crippen LogP contribution >= 0.6 is 0 Å². The average Bonchev–Trinajstić information content (AvgIpc) is 2.63. The molecule has 4 heteroatoms. The predicted octanol–water partition coefficient (Wildman–Crippen LogP) is 0.114. The summed E-state index contributed by atoms with van der Waals surface area (Å²) >= 11 is 0. The van der Waals surface area contributed by atoms with Crippen LogP contribution in [0.1, 0.15) is 26.2 Å². The normalized spacial score (nSPS) is 34.0. The van der Waals surface area contributed by atoms with Crippen molar-refractivity contribution in [3.05, 3.63) is 0 Å². The van der Waals surface area contributed by atoms with Gasteiger partial charge in [0, 0.05) is 6.54 Å². The summed E-state index contributed by atoms with van der Waals surface area (Å²) in [5.74, 6) is 0.0743. The molecular weight excluding hydrogens is 180 g/mol. The molecule has 1 amide bonds. The third-order valence-electron chi connectivity index (χ3n) is 3.15. The molecule has 1 aliphatic heterocycles. The highest BCUT2D eigenvalue weighted by Gasteiger charge is 2.38. The van der Waals surface area contributed by atoms with Crippen molar-refractivity contribution < 1.29 is 9.53 Å². The lowest BCUT2D eigenvalue weighted by atomic mass is 10.1. The van der Waals surface area contributed by atoms with E-state index in [1.54, 1.807) is 6.92 Å². The van der Waals surface area contributed by atoms with Gasteiger partial charge in [0.2, 0.25) is 5.91 Å². The number of ether oxygens (including phenoxy) is 1. The highest BCUT2D eigenvalue weighted by molar-refractivity contribution is 5.81. The number of hydrogen-bond donors (Lipinski definition) is 1. The fourth-order valence-electron chi connectivity index (χ4n) is 2.46. The predicted molar refractivity (Wildman–Crippen MR) is 52.7 cm³/mol. The number of rotatable bonds is 1. The summed E-state index contributed by atoms with van der Waals surface area (Å²) in [4.78, 5) is 13.7. The quantitative estimate of drug-likeness (QED) is 0.651. The first-order valence-corrected chi connectivity index (χ1v) is 5.38. The molecule has 14 heavy (non-hydrogen) atoms. The minimum Gasteiger partial charge on any atom is -0.374 e. The third-order valence-corrected chi connectivity index (χ3v) is 3.15. The number of hydrogen-bond acceptors (Lipinski definition) is 3. The molecule has 80 valence electrons. The Hall–Kier alpha value is -0.610. The van der Waals surface area contributed by atoms with Gasteiger partial charge in [-0.25, -0.2) is 0 Å². The molecule has 1 aliphatic carbocycles. The Balaban J connectivity index is 2.06. The fraction of sp³-hybridized carbons (Fsp3) is 0.900. The van der Waals surface area contributed by atoms with Gasteiger partial charge in [-0.05, 0) is 26.2 Å². The second kappa shape index (κ2) is 3.87. The Morgan fingerprint density at radius 3 is 3.07 bits per heavy atom. The van der Waals surface area contributed by atoms with Crippen LogP contribution in [0.4, 0.5) is 0 Å². The lowest BCUT2D eigenvalue weighted by molar-refractivity contribution is -0.144. The average molecular weight is 198 g/mol. The number of carbonyl (C=O) groups is 1. The molecule has 3 atom stereocenters. The Morgan fingerprint density at radius 1 is 1.57 bits per heavy atom. The molecule has 2 N–H and O–H groups in total. The summed E-state index contributed by atoms with van der Waals surface area (Å²) in [7, 11) is 0. The van der Waals surface area contributed by atoms with Gasteiger partial charge in [-0.15, -0.1) is 0 Å². The minimum atomic E-state index is -0.380. The zero-order chi connectivity index (χ0) is 10.1. The zero-order valence-electron chi connectivity index (χ0n) is 8.61. The second-order valence-corrected chi connectivity index (χ2v) is 4.23. The summed E-state index contributed by atoms with van der Waals surface area (Å²) in [5, 5.41) is 0. The van der Waals surface area contributed by atoms with Gasteiger partial charge >= 0.3 is 0 Å². The molecule has 2 unspecified atom stereocenters. The molecular formula is C10H18N2O2. The largest absolute Gasteiger partial charge is 0.374 e. The van der Waals surface area contributed by atoms with E-state index in [2.05, 4.69) is 0 Å². The van der Waals surface area contributed by atoms with Gasteiger partial charge in [0.15, 0.2) is 0 Å². The van der Waals surface area contributed by atoms with Crippen molar-refractivity contribution in [1.29, 1.82) is 0 Å². The molecule has 0 radical (unpaired) electrons. The van der Waals surface area contributed by atoms with Gasteiger partial charge in [-0.1, -0.05) is 0 Å². The Labute approximate surface area is 84.4 Å². The van der Waals surface area contributed by atoms with Crippen molar-refractivity contribution in [3.63, 3.8) is 0 Å². The lowest BCUT2D eigenvalue weighted by Gasteiger charge is -2.38. The highest BCUT2D eigenvalue weighted by atomic mass is 16.5. The van der Waals surface area contributed by atoms with Crippen LogP contribution in [0.15, 0.2) is 0 Å². The van der Waals surface area contributed by atoms with Crippen molar-refractivity contribution in [3.8, 4) is 0 Å². The van der Waals surface area contributed by atoms with Gasteiger partial charge in [0.25, 0.3) is 0 Å². The summed E-state index contributed by atoms with van der Waals surface area (Å²) in [6.07, 6.45) is 3.60. The van der Waals surface area contributed by atoms with Crippen LogP contribution < -0.4 is 5.73 Å². The Kier molecular flexibility index (Phi) is 2.74. The molecule has 0 aromatic heterocycles. The number of nitrogens with two attached hydrogens (primary N) is 1. The van der Waals surface area contributed by atoms with Crippen molar-refractivity contribution in [1.82, 2.24) is 4.90 Å². The van der Waals surface area contributed by atoms with Crippen LogP contribution in [0.5, 0.6) is 0 Å². The van der Waals surface area contributed by atoms with E-state index in [0.29, 0.717) is 19.2 Å². The fourth-order valence-corrected chi connectivity index (χ4v) is 2.46. The topological polar surface area (TPSA) is 55.6 Å². The maximum Gasteiger partial charge on any atom is 0.239 e. The van der Waals surface area contributed by atoms with E-state index in [0.717, 1.165) is 19.3 Å². The molecule has 0 aromatic carbocycles. The van der Waals surface area contributed by atoms with Gasteiger partial charge < -0.3 is 15.4 Å². The molecule has 0 spiro atoms. The van der Waals surface area contributed by atoms with E-state index in [1.165, 1.54) is 0 Å². The Bertz CT molecular complexity index is 230. The van der Waals surface area contributed by atoms with Crippen LogP contribution in [-0.2, 0) is 9.53 Å². The van der Waals surface area contributed by atoms with Gasteiger partial charge in [0.1, 0.15) is 0 Å². The standard InChI is InChI=1S/C10H18N2O2/c1-7(11)10(13)12-5-6-14-9-4-2-3-8(9)12/h7-9H,2-6,11H2,1H3/t7-,8?,9?/m1/s1. The van der Waals surface area contributed by atoms with Gasteiger partial charge in [-0.2, -0.15) is 0 Å². The van der Waals surface area contributed by atoms with Crippen LogP contribution in [-0.4, -0.2) is 42.1 Å². The van der Waals surface area contributed by atoms with Gasteiger partial charge in [-0.3, -0.25) is 4.79 Å². The molecule has 1 heterocycles. The van der Waals surface area contributed by atoms with Crippen molar-refractivity contribution in [2.75, 3.05) is 13.2 Å². The lowest BCUT2D eigenvalue weighted by Crippen LogP contribution is -2.55. The molecule has 1 saturated carbocycles. The first kappa shape index (κ1) is 9.93. The summed E-state index contributed by atoms with van der Waals surface area (Å²) < 4.78 is 5.63. The van der Waals surface area contributed by atoms with Crippen LogP contribution in [0.2, 0.25) is 0 Å². The second-order valence-electron chi connectivity index (χ2n) is 4.23. The highest BCUT2D eigenvalue weighted by Crippen LogP contribution is 2.29. The van der Waals surface area contributed by atoms with E-state index in [-0.39, 0.29) is 18.1 Å². The maximum atomic E-state index is 11.8. The molecule has 2 rings (SSSR count). The number of carbonyl (C=O) groups excluding carboxylic acids is 1. The van der Waals surface area contributed by atoms with E-state index in [9.17, 15) is 4.79 Å². The van der Waals surface area contributed by atoms with Gasteiger partial charge in [0.05, 0.1) is 24.8 Å². The van der Waals surface area contributed by atoms with E-state index < -0.39 is 0 Å². The van der Waals surface area contributed by atoms with Crippen molar-refractivity contribution >= 4 is 5.91 Å². The number of fused-ring (bicyclic) bond motifs is 1. The first-order chi connectivity index (χ1) is 6.70. The summed E-state index contributed by atoms with van der Waals surface area (Å²) in [5.41, 5.74) is 5.62. The Morgan fingerprint density at radius 2 is 2.36 bits per heavy atom. The molecule has 0 bridgehead atoms. The minimum absolute atomic E-state index is 0.0743. The molecule has 1 saturated heterocycles. The van der Waals surface area contributed by atoms with Crippen molar-refractivity contribution in [2.45, 2.75) is 44.4 Å². The molecule has 0 aromatic rings. The van der Waals surface area contributed by atoms with E-state index in [4.69, 9.17) is 10.5 Å². The third kappa shape index (κ3) is 1.64. The maximum absolute atomic E-state index is 11.8. The van der Waals surface area contributed by atoms with E-state index in [1.807, 2.05) is 4.90 Å².